The van der Waals surface area contributed by atoms with Gasteiger partial charge < -0.3 is 15.4 Å². The number of benzene rings is 1. The smallest absolute Gasteiger partial charge is 0.257 e. The van der Waals surface area contributed by atoms with Crippen LogP contribution in [0.5, 0.6) is 5.75 Å². The van der Waals surface area contributed by atoms with Crippen LogP contribution in [0.4, 0.5) is 5.82 Å². The molecule has 42 heavy (non-hydrogen) atoms. The van der Waals surface area contributed by atoms with Crippen LogP contribution in [-0.2, 0) is 10.8 Å². The van der Waals surface area contributed by atoms with Crippen molar-refractivity contribution in [3.8, 4) is 11.8 Å². The van der Waals surface area contributed by atoms with Gasteiger partial charge in [-0.25, -0.2) is 4.98 Å². The number of hydrogen-bond acceptors (Lipinski definition) is 8. The first kappa shape index (κ1) is 29.8. The van der Waals surface area contributed by atoms with E-state index in [1.165, 1.54) is 24.6 Å². The number of nitriles is 1. The first-order valence-corrected chi connectivity index (χ1v) is 15.9. The highest BCUT2D eigenvalue weighted by Gasteiger charge is 2.28. The van der Waals surface area contributed by atoms with Crippen LogP contribution in [0.2, 0.25) is 0 Å². The number of carbonyl (C=O) groups excluding carboxylic acids is 1. The molecule has 5 rings (SSSR count). The summed E-state index contributed by atoms with van der Waals surface area (Å²) < 4.78 is 20.0. The Morgan fingerprint density at radius 3 is 2.67 bits per heavy atom. The van der Waals surface area contributed by atoms with Crippen molar-refractivity contribution in [3.63, 3.8) is 0 Å². The number of nitrogens with zero attached hydrogens (tertiary/aromatic N) is 4. The Morgan fingerprint density at radius 1 is 1.21 bits per heavy atom. The molecule has 1 amide bonds. The molecule has 1 aliphatic heterocycles. The van der Waals surface area contributed by atoms with Gasteiger partial charge in [-0.15, -0.1) is 0 Å². The van der Waals surface area contributed by atoms with Crippen LogP contribution in [0.1, 0.15) is 77.0 Å². The number of nitrogens with one attached hydrogen (secondary N) is 2. The van der Waals surface area contributed by atoms with Crippen molar-refractivity contribution in [2.75, 3.05) is 37.2 Å². The number of pyridine rings is 2. The van der Waals surface area contributed by atoms with E-state index in [-0.39, 0.29) is 12.0 Å². The highest BCUT2D eigenvalue weighted by atomic mass is 32.2. The summed E-state index contributed by atoms with van der Waals surface area (Å²) in [4.78, 5) is 25.3. The maximum atomic E-state index is 13.4. The molecule has 1 saturated heterocycles. The molecular weight excluding hydrogens is 548 g/mol. The van der Waals surface area contributed by atoms with E-state index in [4.69, 9.17) is 15.0 Å². The third-order valence-electron chi connectivity index (χ3n) is 7.82. The number of aryl methyl sites for hydroxylation is 2. The van der Waals surface area contributed by atoms with E-state index in [0.717, 1.165) is 25.3 Å². The Labute approximate surface area is 250 Å². The molecule has 220 valence electrons. The monoisotopic (exact) mass is 586 g/mol. The molecule has 3 aromatic rings. The van der Waals surface area contributed by atoms with Gasteiger partial charge in [-0.1, -0.05) is 13.0 Å². The largest absolute Gasteiger partial charge is 0.481 e. The lowest BCUT2D eigenvalue weighted by atomic mass is 10.1. The number of anilines is 1. The van der Waals surface area contributed by atoms with Gasteiger partial charge in [0.15, 0.2) is 6.10 Å². The zero-order chi connectivity index (χ0) is 29.8. The molecule has 0 bridgehead atoms. The first-order valence-electron chi connectivity index (χ1n) is 14.5. The molecule has 1 aliphatic carbocycles. The molecule has 2 N–H and O–H groups in total. The number of amides is 1. The van der Waals surface area contributed by atoms with Gasteiger partial charge >= 0.3 is 0 Å². The zero-order valence-corrected chi connectivity index (χ0v) is 25.5. The lowest BCUT2D eigenvalue weighted by Gasteiger charge is -2.34. The van der Waals surface area contributed by atoms with E-state index in [1.807, 2.05) is 26.1 Å². The molecule has 3 heterocycles. The average Bonchev–Trinajstić information content (AvgIpc) is 3.83. The maximum Gasteiger partial charge on any atom is 0.257 e. The molecule has 2 aromatic heterocycles. The SMILES string of the molecule is CCS(=O)c1cc(C(=O)Nc2ncc(C#N)cc2C)c(C)cc1O[C@H](CN1CCN[C@H](C)C1)c1ccc(C2CC2)cn1. The lowest BCUT2D eigenvalue weighted by Crippen LogP contribution is -2.50. The second-order valence-electron chi connectivity index (χ2n) is 11.2. The number of piperazine rings is 1. The second kappa shape index (κ2) is 13.1. The van der Waals surface area contributed by atoms with Crippen LogP contribution in [0.3, 0.4) is 0 Å². The summed E-state index contributed by atoms with van der Waals surface area (Å²) in [5, 5.41) is 15.5. The van der Waals surface area contributed by atoms with E-state index in [0.29, 0.717) is 63.0 Å². The first-order chi connectivity index (χ1) is 20.2. The predicted molar refractivity (Wildman–Crippen MR) is 163 cm³/mol. The normalized spacial score (nSPS) is 18.6. The molecule has 2 aliphatic rings. The van der Waals surface area contributed by atoms with E-state index >= 15 is 0 Å². The number of aromatic nitrogens is 2. The van der Waals surface area contributed by atoms with Gasteiger partial charge in [-0.2, -0.15) is 5.26 Å². The van der Waals surface area contributed by atoms with Crippen LogP contribution in [-0.4, -0.2) is 63.0 Å². The number of carbonyl (C=O) groups is 1. The molecule has 0 radical (unpaired) electrons. The topological polar surface area (TPSA) is 120 Å². The third kappa shape index (κ3) is 7.04. The van der Waals surface area contributed by atoms with Crippen LogP contribution < -0.4 is 15.4 Å². The summed E-state index contributed by atoms with van der Waals surface area (Å²) in [6, 6.07) is 11.8. The minimum Gasteiger partial charge on any atom is -0.481 e. The van der Waals surface area contributed by atoms with Crippen molar-refractivity contribution in [2.24, 2.45) is 0 Å². The molecule has 9 nitrogen and oxygen atoms in total. The van der Waals surface area contributed by atoms with E-state index in [2.05, 4.69) is 45.6 Å². The number of rotatable bonds is 10. The van der Waals surface area contributed by atoms with E-state index in [9.17, 15) is 9.00 Å². The van der Waals surface area contributed by atoms with Crippen LogP contribution >= 0.6 is 0 Å². The van der Waals surface area contributed by atoms with Crippen molar-refractivity contribution in [1.29, 1.82) is 5.26 Å². The Hall–Kier alpha value is -3.65. The molecule has 3 atom stereocenters. The van der Waals surface area contributed by atoms with Gasteiger partial charge in [-0.3, -0.25) is 18.9 Å². The van der Waals surface area contributed by atoms with Gasteiger partial charge in [0.1, 0.15) is 17.6 Å². The third-order valence-corrected chi connectivity index (χ3v) is 9.15. The molecule has 1 unspecified atom stereocenters. The molecule has 1 aromatic carbocycles. The summed E-state index contributed by atoms with van der Waals surface area (Å²) in [6.45, 7) is 11.0. The van der Waals surface area contributed by atoms with E-state index in [1.54, 1.807) is 19.1 Å². The minimum atomic E-state index is -1.38. The summed E-state index contributed by atoms with van der Waals surface area (Å²) in [7, 11) is -1.38. The predicted octanol–water partition coefficient (Wildman–Crippen LogP) is 4.64. The van der Waals surface area contributed by atoms with Gasteiger partial charge in [0.2, 0.25) is 0 Å². The summed E-state index contributed by atoms with van der Waals surface area (Å²) in [5.41, 5.74) is 4.29. The molecule has 10 heteroatoms. The minimum absolute atomic E-state index is 0.364. The standard InChI is InChI=1S/C32H38N6O3S/c1-5-42(40)30-14-26(32(39)37-31-21(3)12-23(15-33)16-36-31)20(2)13-28(30)41-29(19-38-11-10-34-22(4)18-38)27-9-8-25(17-35-27)24-6-7-24/h8-9,12-14,16-17,22,24,29,34H,5-7,10-11,18-19H2,1-4H3,(H,36,37,39)/t22-,29-,42?/m1/s1. The van der Waals surface area contributed by atoms with Gasteiger partial charge in [-0.05, 0) is 80.5 Å². The summed E-state index contributed by atoms with van der Waals surface area (Å²) in [5.74, 6) is 1.51. The Kier molecular flexibility index (Phi) is 9.31. The quantitative estimate of drug-likeness (QED) is 0.353. The van der Waals surface area contributed by atoms with Crippen LogP contribution in [0, 0.1) is 25.2 Å². The van der Waals surface area contributed by atoms with Crippen LogP contribution in [0.25, 0.3) is 0 Å². The average molecular weight is 587 g/mol. The number of hydrogen-bond donors (Lipinski definition) is 2. The fraction of sp³-hybridized carbons (Fsp3) is 0.438. The summed E-state index contributed by atoms with van der Waals surface area (Å²) >= 11 is 0. The van der Waals surface area contributed by atoms with Crippen molar-refractivity contribution in [3.05, 3.63) is 76.2 Å². The summed E-state index contributed by atoms with van der Waals surface area (Å²) in [6.07, 6.45) is 5.44. The van der Waals surface area contributed by atoms with Gasteiger partial charge in [0, 0.05) is 55.9 Å². The van der Waals surface area contributed by atoms with Crippen molar-refractivity contribution < 1.29 is 13.7 Å². The zero-order valence-electron chi connectivity index (χ0n) is 24.6. The fourth-order valence-electron chi connectivity index (χ4n) is 5.30. The second-order valence-corrected chi connectivity index (χ2v) is 12.9. The molecule has 2 fully saturated rings. The van der Waals surface area contributed by atoms with Gasteiger partial charge in [0.05, 0.1) is 27.0 Å². The Morgan fingerprint density at radius 2 is 2.02 bits per heavy atom. The highest BCUT2D eigenvalue weighted by Crippen LogP contribution is 2.40. The molecule has 1 saturated carbocycles. The fourth-order valence-corrected chi connectivity index (χ4v) is 6.19. The van der Waals surface area contributed by atoms with Crippen molar-refractivity contribution in [1.82, 2.24) is 20.2 Å². The Balaban J connectivity index is 1.45. The highest BCUT2D eigenvalue weighted by molar-refractivity contribution is 7.85. The molecule has 0 spiro atoms. The lowest BCUT2D eigenvalue weighted by molar-refractivity contribution is 0.102. The number of ether oxygens (including phenoxy) is 1. The maximum absolute atomic E-state index is 13.4. The van der Waals surface area contributed by atoms with Crippen molar-refractivity contribution >= 4 is 22.5 Å². The van der Waals surface area contributed by atoms with Crippen molar-refractivity contribution in [2.45, 2.75) is 63.5 Å². The molecular formula is C32H38N6O3S. The van der Waals surface area contributed by atoms with Gasteiger partial charge in [0.25, 0.3) is 5.91 Å². The van der Waals surface area contributed by atoms with E-state index < -0.39 is 10.8 Å². The van der Waals surface area contributed by atoms with Crippen LogP contribution in [0.15, 0.2) is 47.6 Å². The Bertz CT molecular complexity index is 1520.